The van der Waals surface area contributed by atoms with E-state index in [-0.39, 0.29) is 71.1 Å². The van der Waals surface area contributed by atoms with Crippen molar-refractivity contribution in [3.8, 4) is 6.26 Å². The molecule has 0 saturated carbocycles. The smallest absolute Gasteiger partial charge is 0.333 e. The molecular formula is C39H66N2O14. The Bertz CT molecular complexity index is 1150. The molecule has 0 rings (SSSR count). The van der Waals surface area contributed by atoms with Crippen molar-refractivity contribution in [1.29, 1.82) is 5.26 Å². The quantitative estimate of drug-likeness (QED) is 0.0160. The van der Waals surface area contributed by atoms with Crippen molar-refractivity contribution in [2.75, 3.05) is 79.3 Å². The number of nitrogens with zero attached hydrogens (tertiary/aromatic N) is 2. The first-order valence-electron chi connectivity index (χ1n) is 19.2. The fraction of sp³-hybridized carbons (Fsp3) is 0.821. The predicted molar refractivity (Wildman–Crippen MR) is 201 cm³/mol. The molecular weight excluding hydrogens is 720 g/mol. The minimum absolute atomic E-state index is 0.0165. The Morgan fingerprint density at radius 1 is 0.727 bits per heavy atom. The first-order chi connectivity index (χ1) is 26.3. The minimum atomic E-state index is -1.000. The summed E-state index contributed by atoms with van der Waals surface area (Å²) in [6.07, 6.45) is 4.61. The van der Waals surface area contributed by atoms with E-state index >= 15 is 0 Å². The van der Waals surface area contributed by atoms with Gasteiger partial charge in [0.25, 0.3) is 6.26 Å². The zero-order chi connectivity index (χ0) is 41.3. The van der Waals surface area contributed by atoms with Crippen molar-refractivity contribution < 1.29 is 66.5 Å². The van der Waals surface area contributed by atoms with Gasteiger partial charge in [-0.05, 0) is 73.1 Å². The van der Waals surface area contributed by atoms with E-state index in [1.54, 1.807) is 27.0 Å². The monoisotopic (exact) mass is 786 g/mol. The lowest BCUT2D eigenvalue weighted by Crippen LogP contribution is -2.43. The van der Waals surface area contributed by atoms with Crippen LogP contribution in [0, 0.1) is 16.9 Å². The normalized spacial score (nSPS) is 14.0. The van der Waals surface area contributed by atoms with Gasteiger partial charge in [0, 0.05) is 25.2 Å². The Morgan fingerprint density at radius 2 is 1.27 bits per heavy atom. The van der Waals surface area contributed by atoms with E-state index < -0.39 is 41.6 Å². The average molecular weight is 787 g/mol. The Kier molecular flexibility index (Phi) is 30.7. The molecule has 0 saturated heterocycles. The molecule has 0 heterocycles. The van der Waals surface area contributed by atoms with Crippen LogP contribution in [0.15, 0.2) is 17.1 Å². The van der Waals surface area contributed by atoms with Gasteiger partial charge in [0.2, 0.25) is 6.08 Å². The number of carbonyl (C=O) groups excluding carboxylic acids is 4. The summed E-state index contributed by atoms with van der Waals surface area (Å²) in [6.45, 7) is 20.0. The van der Waals surface area contributed by atoms with Crippen LogP contribution in [0.1, 0.15) is 93.4 Å². The number of aliphatic imine (C=N–C) groups is 1. The summed E-state index contributed by atoms with van der Waals surface area (Å²) < 4.78 is 56.4. The van der Waals surface area contributed by atoms with Gasteiger partial charge in [0.05, 0.1) is 77.1 Å². The highest BCUT2D eigenvalue weighted by Gasteiger charge is 2.33. The molecule has 55 heavy (non-hydrogen) atoms. The summed E-state index contributed by atoms with van der Waals surface area (Å²) in [7, 11) is 0. The van der Waals surface area contributed by atoms with Gasteiger partial charge >= 0.3 is 17.9 Å². The van der Waals surface area contributed by atoms with E-state index in [9.17, 15) is 19.2 Å². The molecule has 0 radical (unpaired) electrons. The molecule has 0 bridgehead atoms. The summed E-state index contributed by atoms with van der Waals surface area (Å²) in [5.74, 6) is -1.62. The number of carbonyl (C=O) groups is 3. The van der Waals surface area contributed by atoms with Gasteiger partial charge in [-0.2, -0.15) is 10.3 Å². The van der Waals surface area contributed by atoms with Crippen LogP contribution in [0.3, 0.4) is 0 Å². The van der Waals surface area contributed by atoms with E-state index in [0.717, 1.165) is 12.8 Å². The van der Waals surface area contributed by atoms with Gasteiger partial charge in [-0.15, -0.1) is 0 Å². The number of esters is 3. The molecule has 316 valence electrons. The topological polar surface area (TPSA) is 197 Å². The lowest BCUT2D eigenvalue weighted by Gasteiger charge is -2.33. The Labute approximate surface area is 327 Å². The third-order valence-electron chi connectivity index (χ3n) is 7.54. The second-order valence-corrected chi connectivity index (χ2v) is 13.7. The van der Waals surface area contributed by atoms with Crippen LogP contribution in [-0.2, 0) is 66.5 Å². The molecule has 0 fully saturated rings. The molecule has 5 unspecified atom stereocenters. The number of hydrogen-bond acceptors (Lipinski definition) is 16. The summed E-state index contributed by atoms with van der Waals surface area (Å²) in [5, 5.41) is 8.40. The lowest BCUT2D eigenvalue weighted by atomic mass is 9.92. The van der Waals surface area contributed by atoms with Crippen molar-refractivity contribution in [1.82, 2.24) is 0 Å². The zero-order valence-electron chi connectivity index (χ0n) is 34.1. The second-order valence-electron chi connectivity index (χ2n) is 13.7. The molecule has 5 atom stereocenters. The van der Waals surface area contributed by atoms with Crippen LogP contribution in [0.2, 0.25) is 0 Å². The average Bonchev–Trinajstić information content (AvgIpc) is 3.14. The first-order valence-corrected chi connectivity index (χ1v) is 19.2. The molecule has 0 aromatic carbocycles. The SMILES string of the molecule is C=C(C)C(=O)OC(C)COC(C)COCC(COCCC)(COCCC)COCC(C)OCC(C)OC(=O)CCCOC(=O)C(CCCCOC#N)N=C=O. The van der Waals surface area contributed by atoms with Crippen LogP contribution >= 0.6 is 0 Å². The van der Waals surface area contributed by atoms with Gasteiger partial charge in [-0.3, -0.25) is 4.79 Å². The molecule has 0 aromatic rings. The lowest BCUT2D eigenvalue weighted by molar-refractivity contribution is -0.155. The van der Waals surface area contributed by atoms with E-state index in [4.69, 9.17) is 47.9 Å². The molecule has 16 heteroatoms. The predicted octanol–water partition coefficient (Wildman–Crippen LogP) is 4.80. The maximum atomic E-state index is 12.3. The number of ether oxygens (including phenoxy) is 10. The Morgan fingerprint density at radius 3 is 1.78 bits per heavy atom. The van der Waals surface area contributed by atoms with E-state index in [0.29, 0.717) is 58.1 Å². The van der Waals surface area contributed by atoms with Crippen molar-refractivity contribution in [3.05, 3.63) is 12.2 Å². The molecule has 0 aliphatic rings. The van der Waals surface area contributed by atoms with Gasteiger partial charge in [-0.25, -0.2) is 14.4 Å². The molecule has 0 N–H and O–H groups in total. The van der Waals surface area contributed by atoms with E-state index in [2.05, 4.69) is 16.3 Å². The number of rotatable bonds is 36. The molecule has 16 nitrogen and oxygen atoms in total. The van der Waals surface area contributed by atoms with E-state index in [1.807, 2.05) is 27.7 Å². The largest absolute Gasteiger partial charge is 0.464 e. The van der Waals surface area contributed by atoms with Crippen molar-refractivity contribution in [2.45, 2.75) is 124 Å². The third kappa shape index (κ3) is 27.8. The number of unbranched alkanes of at least 4 members (excludes halogenated alkanes) is 1. The van der Waals surface area contributed by atoms with E-state index in [1.165, 1.54) is 6.08 Å². The summed E-state index contributed by atoms with van der Waals surface area (Å²) >= 11 is 0. The Balaban J connectivity index is 4.81. The summed E-state index contributed by atoms with van der Waals surface area (Å²) in [5.41, 5.74) is -0.268. The number of hydrogen-bond donors (Lipinski definition) is 0. The molecule has 0 aromatic heterocycles. The van der Waals surface area contributed by atoms with Crippen LogP contribution in [0.4, 0.5) is 0 Å². The highest BCUT2D eigenvalue weighted by Crippen LogP contribution is 2.22. The maximum Gasteiger partial charge on any atom is 0.333 e. The van der Waals surface area contributed by atoms with Crippen LogP contribution in [0.5, 0.6) is 0 Å². The van der Waals surface area contributed by atoms with Crippen LogP contribution in [0.25, 0.3) is 0 Å². The van der Waals surface area contributed by atoms with Crippen molar-refractivity contribution in [3.63, 3.8) is 0 Å². The maximum absolute atomic E-state index is 12.3. The summed E-state index contributed by atoms with van der Waals surface area (Å²) in [6, 6.07) is -1.000. The summed E-state index contributed by atoms with van der Waals surface area (Å²) in [4.78, 5) is 50.6. The van der Waals surface area contributed by atoms with Crippen molar-refractivity contribution >= 4 is 24.0 Å². The molecule has 0 spiro atoms. The standard InChI is InChI=1S/C39H66N2O14/c1-9-16-46-24-39(25-47-17-10-2,27-50-21-32(6)53-23-34(8)55-37(44)30(3)4)26-49-20-31(5)52-22-33(7)54-36(43)15-13-19-51-38(45)35(41-29-42)14-11-12-18-48-28-40/h31-35H,3,9-27H2,1-2,4-8H3. The molecule has 0 aliphatic heterocycles. The fourth-order valence-electron chi connectivity index (χ4n) is 4.67. The minimum Gasteiger partial charge on any atom is -0.464 e. The fourth-order valence-corrected chi connectivity index (χ4v) is 4.67. The number of nitriles is 1. The molecule has 0 amide bonds. The van der Waals surface area contributed by atoms with Gasteiger partial charge < -0.3 is 47.4 Å². The van der Waals surface area contributed by atoms with Gasteiger partial charge in [-0.1, -0.05) is 20.4 Å². The number of isocyanates is 1. The first kappa shape index (κ1) is 51.6. The second kappa shape index (κ2) is 32.8. The Hall–Kier alpha value is -3.42. The van der Waals surface area contributed by atoms with Crippen LogP contribution in [-0.4, -0.2) is 134 Å². The zero-order valence-corrected chi connectivity index (χ0v) is 34.1. The highest BCUT2D eigenvalue weighted by molar-refractivity contribution is 5.87. The third-order valence-corrected chi connectivity index (χ3v) is 7.54. The van der Waals surface area contributed by atoms with Gasteiger partial charge in [0.15, 0.2) is 6.04 Å². The van der Waals surface area contributed by atoms with Crippen molar-refractivity contribution in [2.24, 2.45) is 10.4 Å². The highest BCUT2D eigenvalue weighted by atomic mass is 16.6. The van der Waals surface area contributed by atoms with Gasteiger partial charge in [0.1, 0.15) is 18.8 Å². The van der Waals surface area contributed by atoms with Crippen LogP contribution < -0.4 is 0 Å². The molecule has 0 aliphatic carbocycles.